The molecule has 0 radical (unpaired) electrons. The van der Waals surface area contributed by atoms with Crippen LogP contribution >= 0.6 is 0 Å². The number of nitrogens with one attached hydrogen (secondary N) is 2. The Balaban J connectivity index is 0.000000171. The van der Waals surface area contributed by atoms with E-state index in [0.717, 1.165) is 75.3 Å². The van der Waals surface area contributed by atoms with Gasteiger partial charge < -0.3 is 14.9 Å². The maximum absolute atomic E-state index is 13.7. The number of carbonyl (C=O) groups is 1. The summed E-state index contributed by atoms with van der Waals surface area (Å²) in [6.45, 7) is 4.29. The first-order valence-electron chi connectivity index (χ1n) is 19.1. The summed E-state index contributed by atoms with van der Waals surface area (Å²) in [5, 5.41) is 29.3. The topological polar surface area (TPSA) is 107 Å². The standard InChI is InChI=1S/C22H25NO2.C15H11N.C14H10FNO/c1-2-25-14-6-4-3-5-7-18-8-11-20(12-9-18)22-13-10-19(17-24)15-21(22)16-23;16-15-13-7-3-1-5-11(13)9-10-12-6-2-4-8-14(12)15;1-17-12-5-3-11(4-6-12)13-7-2-10(9-16)8-14(13)15/h2,8-13,15-17,23H,1,3-7,14H2;1-10,16H;2-8H,1H3. The lowest BCUT2D eigenvalue weighted by Crippen LogP contribution is -1.97. The number of rotatable bonds is 13. The van der Waals surface area contributed by atoms with Gasteiger partial charge in [0.15, 0.2) is 0 Å². The number of nitrogens with zero attached hydrogens (tertiary/aromatic N) is 1. The summed E-state index contributed by atoms with van der Waals surface area (Å²) >= 11 is 0. The number of unbranched alkanes of at least 4 members (excludes halogenated alkanes) is 3. The van der Waals surface area contributed by atoms with Crippen molar-refractivity contribution in [2.75, 3.05) is 13.7 Å². The molecule has 0 aromatic heterocycles. The SMILES string of the molecule is C=COCCCCCCc1ccc(-c2ccc(C=O)cc2C=N)cc1.COc1ccc(-c2ccc(C#N)cc2F)cc1.N=c1c2ccccc2ccc2ccccc12. The molecular weight excluding hydrogens is 722 g/mol. The Kier molecular flexibility index (Phi) is 15.8. The van der Waals surface area contributed by atoms with Crippen LogP contribution in [-0.4, -0.2) is 26.2 Å². The molecular formula is C51H46FN3O3. The molecule has 0 heterocycles. The van der Waals surface area contributed by atoms with Gasteiger partial charge in [-0.2, -0.15) is 5.26 Å². The number of hydrogen-bond acceptors (Lipinski definition) is 6. The molecule has 0 atom stereocenters. The van der Waals surface area contributed by atoms with Crippen molar-refractivity contribution in [3.8, 4) is 34.1 Å². The van der Waals surface area contributed by atoms with Crippen LogP contribution in [0.4, 0.5) is 4.39 Å². The molecule has 0 spiro atoms. The van der Waals surface area contributed by atoms with Crippen LogP contribution < -0.4 is 10.1 Å². The molecule has 0 aliphatic rings. The average Bonchev–Trinajstić information content (AvgIpc) is 3.42. The van der Waals surface area contributed by atoms with E-state index in [2.05, 4.69) is 43.0 Å². The Morgan fingerprint density at radius 1 is 0.724 bits per heavy atom. The predicted octanol–water partition coefficient (Wildman–Crippen LogP) is 12.3. The summed E-state index contributed by atoms with van der Waals surface area (Å²) in [5.74, 6) is 0.331. The second-order valence-corrected chi connectivity index (χ2v) is 13.4. The largest absolute Gasteiger partial charge is 0.502 e. The van der Waals surface area contributed by atoms with Gasteiger partial charge in [-0.15, -0.1) is 0 Å². The lowest BCUT2D eigenvalue weighted by atomic mass is 9.96. The van der Waals surface area contributed by atoms with Gasteiger partial charge in [0.1, 0.15) is 17.9 Å². The Bertz CT molecular complexity index is 2520. The van der Waals surface area contributed by atoms with Gasteiger partial charge in [-0.25, -0.2) is 4.39 Å². The first-order valence-corrected chi connectivity index (χ1v) is 19.1. The van der Waals surface area contributed by atoms with Crippen LogP contribution in [0.25, 0.3) is 43.8 Å². The van der Waals surface area contributed by atoms with Gasteiger partial charge in [0.2, 0.25) is 0 Å². The van der Waals surface area contributed by atoms with Gasteiger partial charge in [-0.3, -0.25) is 10.2 Å². The van der Waals surface area contributed by atoms with E-state index < -0.39 is 5.82 Å². The van der Waals surface area contributed by atoms with Crippen LogP contribution in [0.2, 0.25) is 0 Å². The number of benzene rings is 6. The Morgan fingerprint density at radius 2 is 1.33 bits per heavy atom. The van der Waals surface area contributed by atoms with Gasteiger partial charge >= 0.3 is 0 Å². The molecule has 7 aromatic rings. The van der Waals surface area contributed by atoms with E-state index in [9.17, 15) is 9.18 Å². The van der Waals surface area contributed by atoms with Crippen LogP contribution in [0.5, 0.6) is 5.75 Å². The normalized spacial score (nSPS) is 10.2. The van der Waals surface area contributed by atoms with E-state index >= 15 is 0 Å². The lowest BCUT2D eigenvalue weighted by molar-refractivity contribution is 0.112. The fraction of sp³-hybridized carbons (Fsp3) is 0.137. The second-order valence-electron chi connectivity index (χ2n) is 13.4. The minimum absolute atomic E-state index is 0.319. The number of nitriles is 1. The highest BCUT2D eigenvalue weighted by molar-refractivity contribution is 5.93. The van der Waals surface area contributed by atoms with Crippen LogP contribution in [0.1, 0.15) is 52.7 Å². The first kappa shape index (κ1) is 42.0. The van der Waals surface area contributed by atoms with Gasteiger partial charge in [-0.1, -0.05) is 135 Å². The van der Waals surface area contributed by atoms with E-state index in [1.807, 2.05) is 60.7 Å². The molecule has 0 aliphatic carbocycles. The van der Waals surface area contributed by atoms with Gasteiger partial charge in [0, 0.05) is 33.7 Å². The third-order valence-electron chi connectivity index (χ3n) is 9.63. The Hall–Kier alpha value is -7.17. The molecule has 7 rings (SSSR count). The summed E-state index contributed by atoms with van der Waals surface area (Å²) in [7, 11) is 1.58. The molecule has 7 heteroatoms. The fourth-order valence-electron chi connectivity index (χ4n) is 6.49. The number of aryl methyl sites for hydroxylation is 1. The van der Waals surface area contributed by atoms with E-state index in [1.54, 1.807) is 55.6 Å². The van der Waals surface area contributed by atoms with Crippen molar-refractivity contribution in [3.05, 3.63) is 192 Å². The smallest absolute Gasteiger partial charge is 0.150 e. The highest BCUT2D eigenvalue weighted by Crippen LogP contribution is 2.26. The number of hydrogen-bond donors (Lipinski definition) is 2. The number of carbonyl (C=O) groups excluding carboxylic acids is 1. The molecule has 0 amide bonds. The predicted molar refractivity (Wildman–Crippen MR) is 234 cm³/mol. The summed E-state index contributed by atoms with van der Waals surface area (Å²) in [6, 6.07) is 47.6. The first-order chi connectivity index (χ1) is 28.4. The molecule has 58 heavy (non-hydrogen) atoms. The molecule has 0 bridgehead atoms. The van der Waals surface area contributed by atoms with Gasteiger partial charge in [0.25, 0.3) is 0 Å². The highest BCUT2D eigenvalue weighted by atomic mass is 19.1. The molecule has 0 saturated carbocycles. The van der Waals surface area contributed by atoms with Crippen LogP contribution in [0.3, 0.4) is 0 Å². The average molecular weight is 768 g/mol. The van der Waals surface area contributed by atoms with E-state index in [1.165, 1.54) is 43.4 Å². The number of fused-ring (bicyclic) bond motifs is 2. The van der Waals surface area contributed by atoms with Crippen molar-refractivity contribution in [3.63, 3.8) is 0 Å². The monoisotopic (exact) mass is 767 g/mol. The zero-order valence-corrected chi connectivity index (χ0v) is 32.6. The van der Waals surface area contributed by atoms with Crippen molar-refractivity contribution in [1.29, 1.82) is 16.1 Å². The minimum atomic E-state index is -0.394. The zero-order chi connectivity index (χ0) is 41.1. The Labute approximate surface area is 339 Å². The van der Waals surface area contributed by atoms with Crippen LogP contribution in [-0.2, 0) is 11.2 Å². The highest BCUT2D eigenvalue weighted by Gasteiger charge is 2.07. The maximum Gasteiger partial charge on any atom is 0.150 e. The van der Waals surface area contributed by atoms with Crippen molar-refractivity contribution >= 4 is 34.0 Å². The maximum atomic E-state index is 13.7. The molecule has 7 aromatic carbocycles. The molecule has 2 N–H and O–H groups in total. The summed E-state index contributed by atoms with van der Waals surface area (Å²) in [5.41, 5.74) is 6.29. The zero-order valence-electron chi connectivity index (χ0n) is 32.6. The molecule has 6 nitrogen and oxygen atoms in total. The number of methoxy groups -OCH3 is 1. The van der Waals surface area contributed by atoms with E-state index in [0.29, 0.717) is 22.0 Å². The third-order valence-corrected chi connectivity index (χ3v) is 9.63. The quantitative estimate of drug-likeness (QED) is 0.0527. The van der Waals surface area contributed by atoms with E-state index in [4.69, 9.17) is 25.6 Å². The fourth-order valence-corrected chi connectivity index (χ4v) is 6.49. The van der Waals surface area contributed by atoms with Crippen molar-refractivity contribution in [2.24, 2.45) is 0 Å². The van der Waals surface area contributed by atoms with Crippen molar-refractivity contribution < 1.29 is 18.7 Å². The Morgan fingerprint density at radius 3 is 1.91 bits per heavy atom. The summed E-state index contributed by atoms with van der Waals surface area (Å²) < 4.78 is 23.9. The third kappa shape index (κ3) is 11.4. The number of ether oxygens (including phenoxy) is 2. The molecule has 0 saturated heterocycles. The lowest BCUT2D eigenvalue weighted by Gasteiger charge is -2.08. The van der Waals surface area contributed by atoms with Gasteiger partial charge in [-0.05, 0) is 82.6 Å². The minimum Gasteiger partial charge on any atom is -0.502 e. The van der Waals surface area contributed by atoms with Crippen molar-refractivity contribution in [2.45, 2.75) is 32.1 Å². The second kappa shape index (κ2) is 21.8. The molecule has 0 unspecified atom stereocenters. The molecule has 0 fully saturated rings. The molecule has 290 valence electrons. The van der Waals surface area contributed by atoms with Gasteiger partial charge in [0.05, 0.1) is 37.0 Å². The van der Waals surface area contributed by atoms with Crippen LogP contribution in [0.15, 0.2) is 158 Å². The van der Waals surface area contributed by atoms with Crippen molar-refractivity contribution in [1.82, 2.24) is 0 Å². The molecule has 0 aliphatic heterocycles. The summed E-state index contributed by atoms with van der Waals surface area (Å²) in [4.78, 5) is 10.9. The number of aldehydes is 1. The summed E-state index contributed by atoms with van der Waals surface area (Å²) in [6.07, 6.45) is 9.31. The van der Waals surface area contributed by atoms with E-state index in [-0.39, 0.29) is 0 Å². The number of halogens is 1. The van der Waals surface area contributed by atoms with Crippen LogP contribution in [0, 0.1) is 28.0 Å².